The van der Waals surface area contributed by atoms with Crippen LogP contribution in [0.3, 0.4) is 0 Å². The highest BCUT2D eigenvalue weighted by Crippen LogP contribution is 2.31. The summed E-state index contributed by atoms with van der Waals surface area (Å²) >= 11 is 0. The molecule has 1 aromatic heterocycles. The van der Waals surface area contributed by atoms with Crippen molar-refractivity contribution in [3.63, 3.8) is 0 Å². The Morgan fingerprint density at radius 3 is 2.20 bits per heavy atom. The number of aromatic nitrogens is 2. The molecule has 0 unspecified atom stereocenters. The van der Waals surface area contributed by atoms with Gasteiger partial charge in [-0.05, 0) is 24.6 Å². The number of benzene rings is 1. The molecule has 1 heterocycles. The first-order valence-electron chi connectivity index (χ1n) is 5.90. The average Bonchev–Trinajstić information content (AvgIpc) is 2.77. The van der Waals surface area contributed by atoms with Gasteiger partial charge in [0, 0.05) is 17.2 Å². The van der Waals surface area contributed by atoms with Crippen molar-refractivity contribution in [1.82, 2.24) is 10.2 Å². The van der Waals surface area contributed by atoms with E-state index >= 15 is 0 Å². The van der Waals surface area contributed by atoms with E-state index in [1.54, 1.807) is 6.92 Å². The Balaban J connectivity index is 2.63. The van der Waals surface area contributed by atoms with Crippen LogP contribution in [0.25, 0.3) is 0 Å². The molecule has 0 fully saturated rings. The molecule has 0 saturated carbocycles. The van der Waals surface area contributed by atoms with Gasteiger partial charge in [-0.15, -0.1) is 0 Å². The van der Waals surface area contributed by atoms with E-state index in [0.29, 0.717) is 16.8 Å². The van der Waals surface area contributed by atoms with Crippen molar-refractivity contribution in [3.05, 3.63) is 57.3 Å². The molecule has 20 heavy (non-hydrogen) atoms. The molecule has 1 atom stereocenters. The molecule has 2 aromatic rings. The molecule has 0 radical (unpaired) electrons. The molecule has 2 rings (SSSR count). The molecule has 100 valence electrons. The zero-order chi connectivity index (χ0) is 14.7. The van der Waals surface area contributed by atoms with E-state index in [-0.39, 0.29) is 5.56 Å². The number of hydrogen-bond donors (Lipinski definition) is 2. The van der Waals surface area contributed by atoms with E-state index in [4.69, 9.17) is 10.5 Å². The lowest BCUT2D eigenvalue weighted by Crippen LogP contribution is -2.19. The third kappa shape index (κ3) is 2.32. The molecular formula is C14H11FN4O. The van der Waals surface area contributed by atoms with E-state index in [1.165, 1.54) is 24.3 Å². The van der Waals surface area contributed by atoms with Crippen LogP contribution < -0.4 is 5.56 Å². The predicted molar refractivity (Wildman–Crippen MR) is 69.1 cm³/mol. The summed E-state index contributed by atoms with van der Waals surface area (Å²) in [6.07, 6.45) is 0. The van der Waals surface area contributed by atoms with Gasteiger partial charge < -0.3 is 5.10 Å². The lowest BCUT2D eigenvalue weighted by molar-refractivity contribution is 0.624. The second-order valence-electron chi connectivity index (χ2n) is 4.38. The second-order valence-corrected chi connectivity index (χ2v) is 4.38. The first kappa shape index (κ1) is 13.6. The first-order chi connectivity index (χ1) is 9.58. The van der Waals surface area contributed by atoms with Crippen LogP contribution >= 0.6 is 0 Å². The van der Waals surface area contributed by atoms with Crippen molar-refractivity contribution >= 4 is 0 Å². The normalized spacial score (nSPS) is 11.8. The second kappa shape index (κ2) is 5.41. The molecule has 0 aliphatic carbocycles. The Morgan fingerprint density at radius 1 is 1.15 bits per heavy atom. The SMILES string of the molecule is Cc1[nH][nH]c(=O)c1[C@H](c1ccc(F)cc1)C(C#N)C#N. The molecule has 0 saturated heterocycles. The summed E-state index contributed by atoms with van der Waals surface area (Å²) in [5, 5.41) is 23.3. The number of halogens is 1. The summed E-state index contributed by atoms with van der Waals surface area (Å²) in [5.74, 6) is -2.17. The Kier molecular flexibility index (Phi) is 3.67. The average molecular weight is 270 g/mol. The van der Waals surface area contributed by atoms with Crippen LogP contribution in [0.4, 0.5) is 4.39 Å². The Morgan fingerprint density at radius 2 is 1.75 bits per heavy atom. The highest BCUT2D eigenvalue weighted by Gasteiger charge is 2.29. The van der Waals surface area contributed by atoms with Crippen molar-refractivity contribution in [1.29, 1.82) is 10.5 Å². The number of aryl methyl sites for hydroxylation is 1. The van der Waals surface area contributed by atoms with Crippen molar-refractivity contribution < 1.29 is 4.39 Å². The van der Waals surface area contributed by atoms with Crippen LogP contribution in [0.5, 0.6) is 0 Å². The van der Waals surface area contributed by atoms with E-state index in [1.807, 2.05) is 12.1 Å². The summed E-state index contributed by atoms with van der Waals surface area (Å²) in [6, 6.07) is 9.21. The van der Waals surface area contributed by atoms with Gasteiger partial charge in [-0.1, -0.05) is 12.1 Å². The highest BCUT2D eigenvalue weighted by atomic mass is 19.1. The summed E-state index contributed by atoms with van der Waals surface area (Å²) in [5.41, 5.74) is 1.05. The standard InChI is InChI=1S/C14H11FN4O/c1-8-12(14(20)19-18-8)13(10(6-16)7-17)9-2-4-11(15)5-3-9/h2-5,10,13H,1H3,(H2,18,19,20)/t13-/m1/s1. The quantitative estimate of drug-likeness (QED) is 0.892. The largest absolute Gasteiger partial charge is 0.302 e. The van der Waals surface area contributed by atoms with E-state index in [2.05, 4.69) is 10.2 Å². The van der Waals surface area contributed by atoms with Crippen LogP contribution in [0.1, 0.15) is 22.7 Å². The van der Waals surface area contributed by atoms with Crippen LogP contribution in [-0.2, 0) is 0 Å². The molecule has 0 amide bonds. The molecule has 5 nitrogen and oxygen atoms in total. The van der Waals surface area contributed by atoms with Crippen LogP contribution in [0, 0.1) is 41.3 Å². The van der Waals surface area contributed by atoms with Gasteiger partial charge in [0.15, 0.2) is 0 Å². The monoisotopic (exact) mass is 270 g/mol. The lowest BCUT2D eigenvalue weighted by Gasteiger charge is -2.16. The summed E-state index contributed by atoms with van der Waals surface area (Å²) in [6.45, 7) is 1.68. The van der Waals surface area contributed by atoms with E-state index < -0.39 is 17.7 Å². The first-order valence-corrected chi connectivity index (χ1v) is 5.90. The fourth-order valence-electron chi connectivity index (χ4n) is 2.20. The fourth-order valence-corrected chi connectivity index (χ4v) is 2.20. The number of aromatic amines is 2. The van der Waals surface area contributed by atoms with Crippen LogP contribution in [-0.4, -0.2) is 10.2 Å². The van der Waals surface area contributed by atoms with Crippen molar-refractivity contribution in [2.45, 2.75) is 12.8 Å². The zero-order valence-corrected chi connectivity index (χ0v) is 10.6. The van der Waals surface area contributed by atoms with E-state index in [9.17, 15) is 9.18 Å². The highest BCUT2D eigenvalue weighted by molar-refractivity contribution is 5.38. The number of nitrogens with zero attached hydrogens (tertiary/aromatic N) is 2. The van der Waals surface area contributed by atoms with Crippen molar-refractivity contribution in [3.8, 4) is 12.1 Å². The van der Waals surface area contributed by atoms with Gasteiger partial charge in [0.25, 0.3) is 5.56 Å². The summed E-state index contributed by atoms with van der Waals surface area (Å²) < 4.78 is 13.0. The third-order valence-corrected chi connectivity index (χ3v) is 3.16. The molecule has 1 aromatic carbocycles. The minimum atomic E-state index is -1.03. The van der Waals surface area contributed by atoms with Crippen molar-refractivity contribution in [2.24, 2.45) is 5.92 Å². The number of nitrogens with one attached hydrogen (secondary N) is 2. The molecule has 0 bridgehead atoms. The van der Waals surface area contributed by atoms with Crippen molar-refractivity contribution in [2.75, 3.05) is 0 Å². The summed E-state index contributed by atoms with van der Waals surface area (Å²) in [7, 11) is 0. The number of rotatable bonds is 3. The Hall–Kier alpha value is -2.86. The topological polar surface area (TPSA) is 96.2 Å². The molecule has 0 aliphatic heterocycles. The zero-order valence-electron chi connectivity index (χ0n) is 10.6. The molecule has 2 N–H and O–H groups in total. The van der Waals surface area contributed by atoms with Gasteiger partial charge in [0.1, 0.15) is 11.7 Å². The lowest BCUT2D eigenvalue weighted by atomic mass is 9.82. The maximum absolute atomic E-state index is 13.0. The fraction of sp³-hybridized carbons (Fsp3) is 0.214. The Bertz CT molecular complexity index is 731. The van der Waals surface area contributed by atoms with Gasteiger partial charge in [-0.3, -0.25) is 9.89 Å². The Labute approximate surface area is 114 Å². The third-order valence-electron chi connectivity index (χ3n) is 3.16. The maximum Gasteiger partial charge on any atom is 0.268 e. The molecular weight excluding hydrogens is 259 g/mol. The predicted octanol–water partition coefficient (Wildman–Crippen LogP) is 1.95. The maximum atomic E-state index is 13.0. The minimum absolute atomic E-state index is 0.324. The molecule has 0 aliphatic rings. The van der Waals surface area contributed by atoms with Crippen LogP contribution in [0.2, 0.25) is 0 Å². The number of hydrogen-bond acceptors (Lipinski definition) is 3. The molecule has 0 spiro atoms. The number of nitriles is 2. The van der Waals surface area contributed by atoms with Gasteiger partial charge in [0.2, 0.25) is 0 Å². The number of H-pyrrole nitrogens is 2. The van der Waals surface area contributed by atoms with Gasteiger partial charge in [0.05, 0.1) is 12.1 Å². The smallest absolute Gasteiger partial charge is 0.268 e. The van der Waals surface area contributed by atoms with Gasteiger partial charge in [-0.2, -0.15) is 10.5 Å². The van der Waals surface area contributed by atoms with E-state index in [0.717, 1.165) is 0 Å². The minimum Gasteiger partial charge on any atom is -0.302 e. The molecule has 6 heteroatoms. The van der Waals surface area contributed by atoms with Gasteiger partial charge >= 0.3 is 0 Å². The summed E-state index contributed by atoms with van der Waals surface area (Å²) in [4.78, 5) is 11.9. The van der Waals surface area contributed by atoms with Crippen LogP contribution in [0.15, 0.2) is 29.1 Å². The van der Waals surface area contributed by atoms with Gasteiger partial charge in [-0.25, -0.2) is 4.39 Å².